The van der Waals surface area contributed by atoms with Crippen LogP contribution in [0.25, 0.3) is 11.0 Å². The normalized spacial score (nSPS) is 11.3. The molecule has 0 saturated carbocycles. The van der Waals surface area contributed by atoms with Gasteiger partial charge in [-0.15, -0.1) is 0 Å². The van der Waals surface area contributed by atoms with Gasteiger partial charge in [-0.3, -0.25) is 14.5 Å². The molecule has 2 aromatic heterocycles. The number of hydrogen-bond acceptors (Lipinski definition) is 6. The molecule has 0 aliphatic carbocycles. The average Bonchev–Trinajstić information content (AvgIpc) is 3.07. The van der Waals surface area contributed by atoms with E-state index in [-0.39, 0.29) is 23.3 Å². The van der Waals surface area contributed by atoms with Crippen LogP contribution in [0.1, 0.15) is 16.1 Å². The van der Waals surface area contributed by atoms with Crippen LogP contribution < -0.4 is 14.8 Å². The van der Waals surface area contributed by atoms with E-state index >= 15 is 0 Å². The van der Waals surface area contributed by atoms with Gasteiger partial charge in [0.25, 0.3) is 5.91 Å². The monoisotopic (exact) mass is 451 g/mol. The molecule has 0 unspecified atom stereocenters. The summed E-state index contributed by atoms with van der Waals surface area (Å²) in [4.78, 5) is 20.2. The smallest absolute Gasteiger partial charge is 0.269 e. The van der Waals surface area contributed by atoms with Gasteiger partial charge in [-0.2, -0.15) is 0 Å². The van der Waals surface area contributed by atoms with E-state index in [0.29, 0.717) is 22.6 Å². The topological polar surface area (TPSA) is 115 Å². The quantitative estimate of drug-likeness (QED) is 0.446. The number of hydrogen-bond donors (Lipinski definition) is 2. The molecule has 2 N–H and O–H groups in total. The van der Waals surface area contributed by atoms with Crippen molar-refractivity contribution in [2.45, 2.75) is 5.75 Å². The first-order valence-electron chi connectivity index (χ1n) is 9.71. The molecule has 1 amide bonds. The molecule has 0 bridgehead atoms. The fourth-order valence-electron chi connectivity index (χ4n) is 3.17. The average molecular weight is 452 g/mol. The van der Waals surface area contributed by atoms with Crippen molar-refractivity contribution < 1.29 is 17.9 Å². The van der Waals surface area contributed by atoms with Crippen molar-refractivity contribution in [1.29, 1.82) is 0 Å². The third-order valence-corrected chi connectivity index (χ3v) is 5.93. The summed E-state index contributed by atoms with van der Waals surface area (Å²) < 4.78 is 35.2. The largest absolute Gasteiger partial charge is 0.457 e. The van der Waals surface area contributed by atoms with Crippen molar-refractivity contribution in [2.24, 2.45) is 7.05 Å². The molecule has 10 heteroatoms. The second-order valence-corrected chi connectivity index (χ2v) is 8.77. The SMILES string of the molecule is CNC(=O)c1cc(Oc2ccc3c(c2)nc(NS(=O)(=O)Cc2ccccc2)n3C)ccn1. The number of pyridine rings is 1. The fourth-order valence-corrected chi connectivity index (χ4v) is 4.33. The predicted octanol–water partition coefficient (Wildman–Crippen LogP) is 3.06. The summed E-state index contributed by atoms with van der Waals surface area (Å²) in [6.45, 7) is 0. The van der Waals surface area contributed by atoms with E-state index in [1.54, 1.807) is 60.1 Å². The van der Waals surface area contributed by atoms with Crippen LogP contribution in [-0.4, -0.2) is 35.9 Å². The van der Waals surface area contributed by atoms with Crippen LogP contribution in [0.2, 0.25) is 0 Å². The Morgan fingerprint density at radius 1 is 1.06 bits per heavy atom. The number of rotatable bonds is 7. The lowest BCUT2D eigenvalue weighted by Crippen LogP contribution is -2.18. The maximum absolute atomic E-state index is 12.6. The Kier molecular flexibility index (Phi) is 5.78. The molecule has 32 heavy (non-hydrogen) atoms. The standard InChI is InChI=1S/C22H21N5O4S/c1-23-21(28)19-13-17(10-11-24-19)31-16-8-9-20-18(12-16)25-22(27(20)2)26-32(29,30)14-15-6-4-3-5-7-15/h3-13H,14H2,1-2H3,(H,23,28)(H,25,26). The molecule has 0 aliphatic rings. The third-order valence-electron chi connectivity index (χ3n) is 4.73. The van der Waals surface area contributed by atoms with Crippen LogP contribution in [0.15, 0.2) is 66.9 Å². The molecule has 9 nitrogen and oxygen atoms in total. The summed E-state index contributed by atoms with van der Waals surface area (Å²) >= 11 is 0. The van der Waals surface area contributed by atoms with E-state index in [4.69, 9.17) is 4.74 Å². The van der Waals surface area contributed by atoms with Crippen molar-refractivity contribution in [2.75, 3.05) is 11.8 Å². The zero-order valence-corrected chi connectivity index (χ0v) is 18.3. The third kappa shape index (κ3) is 4.70. The molecule has 4 rings (SSSR count). The number of nitrogens with zero attached hydrogens (tertiary/aromatic N) is 3. The number of ether oxygens (including phenoxy) is 1. The Hall–Kier alpha value is -3.92. The van der Waals surface area contributed by atoms with Gasteiger partial charge >= 0.3 is 0 Å². The molecule has 0 radical (unpaired) electrons. The zero-order valence-electron chi connectivity index (χ0n) is 17.4. The maximum atomic E-state index is 12.6. The van der Waals surface area contributed by atoms with Gasteiger partial charge in [-0.25, -0.2) is 13.4 Å². The summed E-state index contributed by atoms with van der Waals surface area (Å²) in [7, 11) is -0.384. The van der Waals surface area contributed by atoms with Crippen molar-refractivity contribution in [3.63, 3.8) is 0 Å². The number of fused-ring (bicyclic) bond motifs is 1. The predicted molar refractivity (Wildman–Crippen MR) is 121 cm³/mol. The van der Waals surface area contributed by atoms with Crippen LogP contribution in [0.3, 0.4) is 0 Å². The van der Waals surface area contributed by atoms with Gasteiger partial charge in [-0.1, -0.05) is 30.3 Å². The number of nitrogens with one attached hydrogen (secondary N) is 2. The van der Waals surface area contributed by atoms with E-state index in [9.17, 15) is 13.2 Å². The molecule has 0 fully saturated rings. The lowest BCUT2D eigenvalue weighted by Gasteiger charge is -2.08. The van der Waals surface area contributed by atoms with E-state index in [1.807, 2.05) is 6.07 Å². The Morgan fingerprint density at radius 2 is 1.81 bits per heavy atom. The van der Waals surface area contributed by atoms with Gasteiger partial charge < -0.3 is 14.6 Å². The van der Waals surface area contributed by atoms with Crippen LogP contribution in [0.5, 0.6) is 11.5 Å². The van der Waals surface area contributed by atoms with Gasteiger partial charge in [0.05, 0.1) is 16.8 Å². The van der Waals surface area contributed by atoms with Crippen molar-refractivity contribution in [1.82, 2.24) is 19.9 Å². The highest BCUT2D eigenvalue weighted by Gasteiger charge is 2.17. The summed E-state index contributed by atoms with van der Waals surface area (Å²) in [5.74, 6) is 0.671. The van der Waals surface area contributed by atoms with Crippen molar-refractivity contribution >= 4 is 32.9 Å². The fraction of sp³-hybridized carbons (Fsp3) is 0.136. The summed E-state index contributed by atoms with van der Waals surface area (Å²) in [6, 6.07) is 17.3. The number of anilines is 1. The van der Waals surface area contributed by atoms with Gasteiger partial charge in [0.2, 0.25) is 16.0 Å². The molecule has 2 heterocycles. The molecule has 0 atom stereocenters. The van der Waals surface area contributed by atoms with Crippen molar-refractivity contribution in [3.8, 4) is 11.5 Å². The zero-order chi connectivity index (χ0) is 22.7. The highest BCUT2D eigenvalue weighted by Crippen LogP contribution is 2.27. The molecule has 0 aliphatic heterocycles. The van der Waals surface area contributed by atoms with Gasteiger partial charge in [0.1, 0.15) is 17.2 Å². The van der Waals surface area contributed by atoms with E-state index in [2.05, 4.69) is 20.0 Å². The van der Waals surface area contributed by atoms with E-state index < -0.39 is 10.0 Å². The van der Waals surface area contributed by atoms with Crippen molar-refractivity contribution in [3.05, 3.63) is 78.1 Å². The Labute approximate surface area is 185 Å². The lowest BCUT2D eigenvalue weighted by atomic mass is 10.2. The molecular formula is C22H21N5O4S. The number of amides is 1. The second kappa shape index (κ2) is 8.67. The number of carbonyl (C=O) groups is 1. The number of aryl methyl sites for hydroxylation is 1. The van der Waals surface area contributed by atoms with Gasteiger partial charge in [0, 0.05) is 32.4 Å². The first-order chi connectivity index (χ1) is 15.3. The highest BCUT2D eigenvalue weighted by molar-refractivity contribution is 7.91. The minimum Gasteiger partial charge on any atom is -0.457 e. The maximum Gasteiger partial charge on any atom is 0.269 e. The van der Waals surface area contributed by atoms with Crippen LogP contribution in [0.4, 0.5) is 5.95 Å². The van der Waals surface area contributed by atoms with E-state index in [1.165, 1.54) is 19.3 Å². The Bertz CT molecular complexity index is 1380. The van der Waals surface area contributed by atoms with Crippen LogP contribution in [-0.2, 0) is 22.8 Å². The lowest BCUT2D eigenvalue weighted by molar-refractivity contribution is 0.0958. The number of imidazole rings is 1. The molecule has 2 aromatic carbocycles. The van der Waals surface area contributed by atoms with Gasteiger partial charge in [0.15, 0.2) is 0 Å². The number of sulfonamides is 1. The molecule has 4 aromatic rings. The first-order valence-corrected chi connectivity index (χ1v) is 11.4. The summed E-state index contributed by atoms with van der Waals surface area (Å²) in [5.41, 5.74) is 2.21. The molecule has 0 spiro atoms. The first kappa shape index (κ1) is 21.3. The highest BCUT2D eigenvalue weighted by atomic mass is 32.2. The molecular weight excluding hydrogens is 430 g/mol. The Morgan fingerprint density at radius 3 is 2.56 bits per heavy atom. The Balaban J connectivity index is 1.56. The van der Waals surface area contributed by atoms with Crippen LogP contribution in [0, 0.1) is 0 Å². The molecule has 0 saturated heterocycles. The second-order valence-electron chi connectivity index (χ2n) is 7.05. The van der Waals surface area contributed by atoms with Gasteiger partial charge in [-0.05, 0) is 23.8 Å². The minimum absolute atomic E-state index is 0.152. The molecule has 164 valence electrons. The number of aromatic nitrogens is 3. The minimum atomic E-state index is -3.64. The van der Waals surface area contributed by atoms with Crippen LogP contribution >= 0.6 is 0 Å². The number of benzene rings is 2. The summed E-state index contributed by atoms with van der Waals surface area (Å²) in [5, 5.41) is 2.51. The number of carbonyl (C=O) groups excluding carboxylic acids is 1. The summed E-state index contributed by atoms with van der Waals surface area (Å²) in [6.07, 6.45) is 1.48. The van der Waals surface area contributed by atoms with E-state index in [0.717, 1.165) is 5.52 Å².